The molecule has 6 nitrogen and oxygen atoms in total. The van der Waals surface area contributed by atoms with Crippen molar-refractivity contribution in [2.45, 2.75) is 38.1 Å². The SMILES string of the molecule is CCC(NS(=O)(=O)c1cc(-c2cc(C)[nH]n2)sc1C)c1ccccn1. The lowest BCUT2D eigenvalue weighted by atomic mass is 10.1. The fourth-order valence-electron chi connectivity index (χ4n) is 2.59. The predicted octanol–water partition coefficient (Wildman–Crippen LogP) is 3.58. The number of H-pyrrole nitrogens is 1. The number of nitrogens with zero attached hydrogens (tertiary/aromatic N) is 2. The number of thiophene rings is 1. The van der Waals surface area contributed by atoms with Gasteiger partial charge in [0.2, 0.25) is 10.0 Å². The topological polar surface area (TPSA) is 87.7 Å². The zero-order valence-corrected chi connectivity index (χ0v) is 15.9. The van der Waals surface area contributed by atoms with Crippen molar-refractivity contribution in [3.63, 3.8) is 0 Å². The van der Waals surface area contributed by atoms with E-state index in [2.05, 4.69) is 19.9 Å². The quantitative estimate of drug-likeness (QED) is 0.688. The molecule has 1 unspecified atom stereocenters. The maximum atomic E-state index is 12.9. The Hall–Kier alpha value is -2.03. The van der Waals surface area contributed by atoms with Crippen LogP contribution in [0.15, 0.2) is 41.4 Å². The summed E-state index contributed by atoms with van der Waals surface area (Å²) in [5.74, 6) is 0. The summed E-state index contributed by atoms with van der Waals surface area (Å²) in [6, 6.07) is 8.72. The van der Waals surface area contributed by atoms with Crippen LogP contribution in [0.1, 0.15) is 35.7 Å². The van der Waals surface area contributed by atoms with Crippen LogP contribution in [0.4, 0.5) is 0 Å². The van der Waals surface area contributed by atoms with Gasteiger partial charge in [-0.05, 0) is 44.5 Å². The molecule has 0 bridgehead atoms. The summed E-state index contributed by atoms with van der Waals surface area (Å²) in [5, 5.41) is 7.09. The van der Waals surface area contributed by atoms with E-state index < -0.39 is 10.0 Å². The van der Waals surface area contributed by atoms with Crippen molar-refractivity contribution in [2.24, 2.45) is 0 Å². The Balaban J connectivity index is 1.91. The van der Waals surface area contributed by atoms with Crippen molar-refractivity contribution in [3.05, 3.63) is 52.8 Å². The van der Waals surface area contributed by atoms with Crippen molar-refractivity contribution in [1.82, 2.24) is 19.9 Å². The fraction of sp³-hybridized carbons (Fsp3) is 0.294. The van der Waals surface area contributed by atoms with E-state index in [0.29, 0.717) is 17.0 Å². The fourth-order valence-corrected chi connectivity index (χ4v) is 5.43. The van der Waals surface area contributed by atoms with Crippen molar-refractivity contribution in [2.75, 3.05) is 0 Å². The second kappa shape index (κ2) is 7.07. The van der Waals surface area contributed by atoms with Crippen LogP contribution in [-0.4, -0.2) is 23.6 Å². The molecule has 0 radical (unpaired) electrons. The second-order valence-electron chi connectivity index (χ2n) is 5.80. The highest BCUT2D eigenvalue weighted by Crippen LogP contribution is 2.33. The highest BCUT2D eigenvalue weighted by molar-refractivity contribution is 7.89. The molecule has 3 aromatic heterocycles. The van der Waals surface area contributed by atoms with Gasteiger partial charge in [0.1, 0.15) is 5.69 Å². The van der Waals surface area contributed by atoms with Crippen molar-refractivity contribution in [1.29, 1.82) is 0 Å². The minimum atomic E-state index is -3.65. The molecule has 3 heterocycles. The molecule has 0 spiro atoms. The highest BCUT2D eigenvalue weighted by atomic mass is 32.2. The van der Waals surface area contributed by atoms with Gasteiger partial charge < -0.3 is 0 Å². The minimum absolute atomic E-state index is 0.294. The van der Waals surface area contributed by atoms with Gasteiger partial charge in [-0.2, -0.15) is 5.10 Å². The van der Waals surface area contributed by atoms with Crippen LogP contribution in [0.3, 0.4) is 0 Å². The molecule has 0 fully saturated rings. The van der Waals surface area contributed by atoms with Crippen LogP contribution in [0, 0.1) is 13.8 Å². The van der Waals surface area contributed by atoms with E-state index in [1.165, 1.54) is 11.3 Å². The van der Waals surface area contributed by atoms with E-state index in [4.69, 9.17) is 0 Å². The largest absolute Gasteiger partial charge is 0.282 e. The Labute approximate surface area is 151 Å². The van der Waals surface area contributed by atoms with Crippen LogP contribution in [0.2, 0.25) is 0 Å². The highest BCUT2D eigenvalue weighted by Gasteiger charge is 2.25. The van der Waals surface area contributed by atoms with E-state index in [0.717, 1.165) is 21.1 Å². The Morgan fingerprint density at radius 1 is 1.28 bits per heavy atom. The molecule has 2 N–H and O–H groups in total. The van der Waals surface area contributed by atoms with Gasteiger partial charge in [-0.1, -0.05) is 13.0 Å². The third kappa shape index (κ3) is 3.81. The maximum absolute atomic E-state index is 12.9. The van der Waals surface area contributed by atoms with Gasteiger partial charge in [-0.15, -0.1) is 11.3 Å². The lowest BCUT2D eigenvalue weighted by Gasteiger charge is -2.16. The maximum Gasteiger partial charge on any atom is 0.242 e. The van der Waals surface area contributed by atoms with Crippen LogP contribution in [-0.2, 0) is 10.0 Å². The minimum Gasteiger partial charge on any atom is -0.282 e. The number of nitrogens with one attached hydrogen (secondary N) is 2. The van der Waals surface area contributed by atoms with Crippen LogP contribution in [0.25, 0.3) is 10.6 Å². The average molecular weight is 377 g/mol. The number of aromatic nitrogens is 3. The smallest absolute Gasteiger partial charge is 0.242 e. The summed E-state index contributed by atoms with van der Waals surface area (Å²) in [6.07, 6.45) is 2.28. The first-order chi connectivity index (χ1) is 11.9. The number of aryl methyl sites for hydroxylation is 2. The van der Waals surface area contributed by atoms with Crippen LogP contribution >= 0.6 is 11.3 Å². The number of pyridine rings is 1. The molecule has 1 atom stereocenters. The zero-order valence-electron chi connectivity index (χ0n) is 14.3. The van der Waals surface area contributed by atoms with E-state index >= 15 is 0 Å². The molecular weight excluding hydrogens is 356 g/mol. The van der Waals surface area contributed by atoms with Gasteiger partial charge in [-0.3, -0.25) is 10.1 Å². The van der Waals surface area contributed by atoms with Crippen molar-refractivity contribution in [3.8, 4) is 10.6 Å². The molecule has 3 rings (SSSR count). The molecule has 0 amide bonds. The molecule has 0 aliphatic rings. The third-order valence-electron chi connectivity index (χ3n) is 3.87. The van der Waals surface area contributed by atoms with Gasteiger partial charge in [0.05, 0.1) is 21.5 Å². The first kappa shape index (κ1) is 17.8. The standard InChI is InChI=1S/C17H20N4O2S2/c1-4-13(14-7-5-6-8-18-14)21-25(22,23)17-10-16(24-12(17)3)15-9-11(2)19-20-15/h5-10,13,21H,4H2,1-3H3,(H,19,20). The molecule has 0 aromatic carbocycles. The average Bonchev–Trinajstić information content (AvgIpc) is 3.19. The predicted molar refractivity (Wildman–Crippen MR) is 99.0 cm³/mol. The van der Waals surface area contributed by atoms with Crippen LogP contribution < -0.4 is 4.72 Å². The molecule has 0 saturated heterocycles. The summed E-state index contributed by atoms with van der Waals surface area (Å²) in [4.78, 5) is 6.12. The Bertz CT molecular complexity index is 962. The molecule has 8 heteroatoms. The molecule has 0 aliphatic heterocycles. The Kier molecular flexibility index (Phi) is 5.03. The van der Waals surface area contributed by atoms with E-state index in [1.54, 1.807) is 12.3 Å². The summed E-state index contributed by atoms with van der Waals surface area (Å²) < 4.78 is 28.5. The number of sulfonamides is 1. The molecule has 0 saturated carbocycles. The summed E-state index contributed by atoms with van der Waals surface area (Å²) in [7, 11) is -3.65. The Morgan fingerprint density at radius 3 is 2.68 bits per heavy atom. The number of hydrogen-bond donors (Lipinski definition) is 2. The lowest BCUT2D eigenvalue weighted by molar-refractivity contribution is 0.544. The Morgan fingerprint density at radius 2 is 2.08 bits per heavy atom. The van der Waals surface area contributed by atoms with Gasteiger partial charge in [0, 0.05) is 16.8 Å². The van der Waals surface area contributed by atoms with Gasteiger partial charge in [0.25, 0.3) is 0 Å². The molecule has 3 aromatic rings. The normalized spacial score (nSPS) is 13.1. The molecular formula is C17H20N4O2S2. The monoisotopic (exact) mass is 376 g/mol. The molecule has 132 valence electrons. The first-order valence-corrected chi connectivity index (χ1v) is 10.3. The number of hydrogen-bond acceptors (Lipinski definition) is 5. The summed E-state index contributed by atoms with van der Waals surface area (Å²) in [5.41, 5.74) is 2.40. The van der Waals surface area contributed by atoms with Gasteiger partial charge in [0.15, 0.2) is 0 Å². The zero-order chi connectivity index (χ0) is 18.0. The first-order valence-electron chi connectivity index (χ1n) is 7.96. The van der Waals surface area contributed by atoms with E-state index in [9.17, 15) is 8.42 Å². The third-order valence-corrected chi connectivity index (χ3v) is 6.67. The van der Waals surface area contributed by atoms with E-state index in [-0.39, 0.29) is 6.04 Å². The van der Waals surface area contributed by atoms with Crippen molar-refractivity contribution >= 4 is 21.4 Å². The molecule has 0 aliphatic carbocycles. The van der Waals surface area contributed by atoms with Gasteiger partial charge in [-0.25, -0.2) is 13.1 Å². The summed E-state index contributed by atoms with van der Waals surface area (Å²) in [6.45, 7) is 5.65. The number of aromatic amines is 1. The molecule has 25 heavy (non-hydrogen) atoms. The van der Waals surface area contributed by atoms with Gasteiger partial charge >= 0.3 is 0 Å². The summed E-state index contributed by atoms with van der Waals surface area (Å²) >= 11 is 1.42. The van der Waals surface area contributed by atoms with E-state index in [1.807, 2.05) is 45.0 Å². The number of rotatable bonds is 6. The van der Waals surface area contributed by atoms with Crippen molar-refractivity contribution < 1.29 is 8.42 Å². The second-order valence-corrected chi connectivity index (χ2v) is 8.74. The van der Waals surface area contributed by atoms with Crippen LogP contribution in [0.5, 0.6) is 0 Å². The lowest BCUT2D eigenvalue weighted by Crippen LogP contribution is -2.29.